The van der Waals surface area contributed by atoms with Crippen LogP contribution in [0, 0.1) is 11.8 Å². The van der Waals surface area contributed by atoms with Crippen molar-refractivity contribution in [3.05, 3.63) is 35.4 Å². The molecule has 0 aromatic carbocycles. The Bertz CT molecular complexity index is 965. The molecule has 3 aliphatic heterocycles. The highest BCUT2D eigenvalue weighted by Crippen LogP contribution is 2.41. The third kappa shape index (κ3) is 3.90. The molecule has 30 heavy (non-hydrogen) atoms. The van der Waals surface area contributed by atoms with Crippen molar-refractivity contribution in [2.24, 2.45) is 11.8 Å². The molecule has 8 nitrogen and oxygen atoms in total. The number of rotatable bonds is 5. The minimum atomic E-state index is -3.75. The Morgan fingerprint density at radius 2 is 1.90 bits per heavy atom. The summed E-state index contributed by atoms with van der Waals surface area (Å²) in [5, 5.41) is 0. The van der Waals surface area contributed by atoms with Gasteiger partial charge in [-0.3, -0.25) is 14.5 Å². The second kappa shape index (κ2) is 8.36. The molecule has 3 aliphatic rings. The van der Waals surface area contributed by atoms with Gasteiger partial charge in [0, 0.05) is 6.54 Å². The summed E-state index contributed by atoms with van der Waals surface area (Å²) in [6.07, 6.45) is 5.04. The van der Waals surface area contributed by atoms with Gasteiger partial charge in [0.25, 0.3) is 5.91 Å². The Labute approximate surface area is 183 Å². The lowest BCUT2D eigenvalue weighted by molar-refractivity contribution is -0.128. The first-order chi connectivity index (χ1) is 13.7. The Kier molecular flexibility index (Phi) is 6.36. The fourth-order valence-corrected chi connectivity index (χ4v) is 5.67. The molecule has 10 heteroatoms. The lowest BCUT2D eigenvalue weighted by Gasteiger charge is -2.28. The Balaban J connectivity index is 0.00000256. The number of nitrogens with zero attached hydrogens (tertiary/aromatic N) is 3. The molecule has 2 atom stereocenters. The topological polar surface area (TPSA) is 91.1 Å². The zero-order chi connectivity index (χ0) is 20.9. The van der Waals surface area contributed by atoms with Crippen molar-refractivity contribution in [3.63, 3.8) is 0 Å². The van der Waals surface area contributed by atoms with Crippen LogP contribution < -0.4 is 0 Å². The van der Waals surface area contributed by atoms with E-state index in [-0.39, 0.29) is 36.5 Å². The standard InChI is InChI=1S/C20H27N3O5S.ClH/c1-13(2)17-18-15(23(20(17)25)29(3,26)27)8-11-22(18)19(24)16-7-6-14(28-16)12-21-9-4-5-10-21;/h6-8,13,17-18H,4-5,9-12H2,1-3H3;1H/t17-,18+;/m1./s1. The van der Waals surface area contributed by atoms with Crippen LogP contribution in [0.5, 0.6) is 0 Å². The summed E-state index contributed by atoms with van der Waals surface area (Å²) in [7, 11) is -3.75. The van der Waals surface area contributed by atoms with Gasteiger partial charge in [-0.05, 0) is 50.1 Å². The number of halogens is 1. The third-order valence-electron chi connectivity index (χ3n) is 5.96. The molecule has 0 N–H and O–H groups in total. The highest BCUT2D eigenvalue weighted by Gasteiger charge is 2.55. The molecule has 0 aliphatic carbocycles. The lowest BCUT2D eigenvalue weighted by Crippen LogP contribution is -2.42. The minimum absolute atomic E-state index is 0. The number of carbonyl (C=O) groups excluding carboxylic acids is 2. The Morgan fingerprint density at radius 3 is 2.50 bits per heavy atom. The van der Waals surface area contributed by atoms with Crippen molar-refractivity contribution in [3.8, 4) is 0 Å². The monoisotopic (exact) mass is 457 g/mol. The van der Waals surface area contributed by atoms with E-state index < -0.39 is 27.9 Å². The molecule has 166 valence electrons. The van der Waals surface area contributed by atoms with Gasteiger partial charge in [0.15, 0.2) is 5.76 Å². The number of sulfonamides is 1. The average molecular weight is 458 g/mol. The first-order valence-corrected chi connectivity index (χ1v) is 11.9. The van der Waals surface area contributed by atoms with Crippen LogP contribution in [0.15, 0.2) is 28.3 Å². The van der Waals surface area contributed by atoms with E-state index in [0.29, 0.717) is 12.2 Å². The molecule has 2 saturated heterocycles. The van der Waals surface area contributed by atoms with E-state index in [1.807, 2.05) is 19.9 Å². The summed E-state index contributed by atoms with van der Waals surface area (Å²) in [5.41, 5.74) is 0.383. The van der Waals surface area contributed by atoms with Crippen molar-refractivity contribution in [1.82, 2.24) is 14.1 Å². The SMILES string of the molecule is CC(C)[C@H]1C(=O)N(S(C)(=O)=O)C2=CCN(C(=O)c3ccc(CN4CCCC4)o3)[C@@H]21.Cl. The van der Waals surface area contributed by atoms with Crippen molar-refractivity contribution in [1.29, 1.82) is 0 Å². The van der Waals surface area contributed by atoms with Crippen molar-refractivity contribution in [2.75, 3.05) is 25.9 Å². The highest BCUT2D eigenvalue weighted by atomic mass is 35.5. The zero-order valence-corrected chi connectivity index (χ0v) is 19.0. The molecule has 1 aromatic heterocycles. The summed E-state index contributed by atoms with van der Waals surface area (Å²) in [6.45, 7) is 6.73. The van der Waals surface area contributed by atoms with Crippen LogP contribution >= 0.6 is 12.4 Å². The summed E-state index contributed by atoms with van der Waals surface area (Å²) in [6, 6.07) is 2.90. The van der Waals surface area contributed by atoms with E-state index in [4.69, 9.17) is 4.42 Å². The van der Waals surface area contributed by atoms with Gasteiger partial charge in [0.1, 0.15) is 5.76 Å². The van der Waals surface area contributed by atoms with Crippen LogP contribution in [0.1, 0.15) is 43.0 Å². The molecule has 0 spiro atoms. The first-order valence-electron chi connectivity index (χ1n) is 10.0. The van der Waals surface area contributed by atoms with Crippen LogP contribution in [0.4, 0.5) is 0 Å². The van der Waals surface area contributed by atoms with E-state index in [0.717, 1.165) is 29.4 Å². The van der Waals surface area contributed by atoms with Crippen molar-refractivity contribution in [2.45, 2.75) is 39.3 Å². The normalized spacial score (nSPS) is 24.4. The average Bonchev–Trinajstić information content (AvgIpc) is 3.37. The highest BCUT2D eigenvalue weighted by molar-refractivity contribution is 7.89. The minimum Gasteiger partial charge on any atom is -0.455 e. The maximum absolute atomic E-state index is 13.2. The molecule has 1 aromatic rings. The molecule has 4 rings (SSSR count). The van der Waals surface area contributed by atoms with Gasteiger partial charge in [-0.15, -0.1) is 12.4 Å². The van der Waals surface area contributed by atoms with Crippen LogP contribution in [0.2, 0.25) is 0 Å². The molecule has 0 saturated carbocycles. The predicted octanol–water partition coefficient (Wildman–Crippen LogP) is 2.08. The third-order valence-corrected chi connectivity index (χ3v) is 7.01. The molecule has 0 bridgehead atoms. The van der Waals surface area contributed by atoms with Gasteiger partial charge < -0.3 is 9.32 Å². The second-order valence-corrected chi connectivity index (χ2v) is 10.2. The van der Waals surface area contributed by atoms with E-state index in [9.17, 15) is 18.0 Å². The molecule has 0 radical (unpaired) electrons. The number of fused-ring (bicyclic) bond motifs is 1. The number of amides is 2. The maximum Gasteiger partial charge on any atom is 0.290 e. The van der Waals surface area contributed by atoms with E-state index in [2.05, 4.69) is 4.90 Å². The molecule has 2 fully saturated rings. The van der Waals surface area contributed by atoms with E-state index in [1.54, 1.807) is 17.0 Å². The lowest BCUT2D eigenvalue weighted by atomic mass is 9.89. The molecule has 4 heterocycles. The summed E-state index contributed by atoms with van der Waals surface area (Å²) in [4.78, 5) is 29.9. The summed E-state index contributed by atoms with van der Waals surface area (Å²) >= 11 is 0. The first kappa shape index (κ1) is 22.8. The summed E-state index contributed by atoms with van der Waals surface area (Å²) < 4.78 is 31.1. The molecular formula is C20H28ClN3O5S. The Hall–Kier alpha value is -1.84. The smallest absolute Gasteiger partial charge is 0.290 e. The number of hydrogen-bond acceptors (Lipinski definition) is 6. The van der Waals surface area contributed by atoms with E-state index in [1.165, 1.54) is 12.8 Å². The van der Waals surface area contributed by atoms with Crippen LogP contribution in [-0.2, 0) is 21.4 Å². The second-order valence-electron chi connectivity index (χ2n) is 8.42. The number of carbonyl (C=O) groups is 2. The molecular weight excluding hydrogens is 430 g/mol. The van der Waals surface area contributed by atoms with Crippen LogP contribution in [0.3, 0.4) is 0 Å². The van der Waals surface area contributed by atoms with Gasteiger partial charge >= 0.3 is 0 Å². The summed E-state index contributed by atoms with van der Waals surface area (Å²) in [5.74, 6) is -0.530. The van der Waals surface area contributed by atoms with Gasteiger partial charge in [-0.1, -0.05) is 13.8 Å². The molecule has 0 unspecified atom stereocenters. The zero-order valence-electron chi connectivity index (χ0n) is 17.4. The van der Waals surface area contributed by atoms with Crippen molar-refractivity contribution >= 4 is 34.2 Å². The molecule has 2 amide bonds. The number of hydrogen-bond donors (Lipinski definition) is 0. The van der Waals surface area contributed by atoms with Gasteiger partial charge in [0.2, 0.25) is 15.9 Å². The fraction of sp³-hybridized carbons (Fsp3) is 0.600. The fourth-order valence-electron chi connectivity index (χ4n) is 4.66. The largest absolute Gasteiger partial charge is 0.455 e. The van der Waals surface area contributed by atoms with Crippen molar-refractivity contribution < 1.29 is 22.4 Å². The van der Waals surface area contributed by atoms with Crippen LogP contribution in [-0.4, -0.2) is 66.3 Å². The Morgan fingerprint density at radius 1 is 1.23 bits per heavy atom. The number of furan rings is 1. The quantitative estimate of drug-likeness (QED) is 0.672. The predicted molar refractivity (Wildman–Crippen MR) is 113 cm³/mol. The number of likely N-dealkylation sites (tertiary alicyclic amines) is 1. The van der Waals surface area contributed by atoms with E-state index >= 15 is 0 Å². The van der Waals surface area contributed by atoms with Gasteiger partial charge in [-0.2, -0.15) is 0 Å². The van der Waals surface area contributed by atoms with Gasteiger partial charge in [-0.25, -0.2) is 12.7 Å². The van der Waals surface area contributed by atoms with Gasteiger partial charge in [0.05, 0.1) is 30.5 Å². The van der Waals surface area contributed by atoms with Crippen LogP contribution in [0.25, 0.3) is 0 Å². The maximum atomic E-state index is 13.2.